The van der Waals surface area contributed by atoms with Gasteiger partial charge in [-0.25, -0.2) is 4.79 Å². The third-order valence-corrected chi connectivity index (χ3v) is 1.29. The van der Waals surface area contributed by atoms with Gasteiger partial charge in [-0.1, -0.05) is 24.8 Å². The van der Waals surface area contributed by atoms with E-state index in [1.54, 1.807) is 24.3 Å². The molecule has 1 rings (SSSR count). The first-order valence-corrected chi connectivity index (χ1v) is 3.83. The van der Waals surface area contributed by atoms with Gasteiger partial charge in [-0.05, 0) is 18.2 Å². The van der Waals surface area contributed by atoms with Crippen LogP contribution in [0.4, 0.5) is 10.5 Å². The predicted octanol–water partition coefficient (Wildman–Crippen LogP) is 2.22. The number of carbonyl (C=O) groups is 1. The highest BCUT2D eigenvalue weighted by atomic mass is 16.5. The molecule has 13 heavy (non-hydrogen) atoms. The lowest BCUT2D eigenvalue weighted by atomic mass is 10.3. The maximum atomic E-state index is 11.0. The number of hydrogen-bond donors (Lipinski definition) is 1. The number of ether oxygens (including phenoxy) is 1. The van der Waals surface area contributed by atoms with Crippen molar-refractivity contribution in [3.8, 4) is 0 Å². The maximum absolute atomic E-state index is 11.0. The molecule has 0 fully saturated rings. The van der Waals surface area contributed by atoms with E-state index >= 15 is 0 Å². The summed E-state index contributed by atoms with van der Waals surface area (Å²) in [5.74, 6) is 0. The summed E-state index contributed by atoms with van der Waals surface area (Å²) in [4.78, 5) is 11.0. The molecule has 0 unspecified atom stereocenters. The van der Waals surface area contributed by atoms with E-state index in [2.05, 4.69) is 18.0 Å². The Morgan fingerprint density at radius 2 is 2.62 bits per heavy atom. The van der Waals surface area contributed by atoms with Gasteiger partial charge in [0.15, 0.2) is 0 Å². The van der Waals surface area contributed by atoms with E-state index in [0.717, 1.165) is 0 Å². The molecule has 0 aromatic heterocycles. The van der Waals surface area contributed by atoms with Crippen LogP contribution in [0.3, 0.4) is 0 Å². The molecular formula is C10H10NO2. The minimum absolute atomic E-state index is 0.211. The Bertz CT molecular complexity index is 282. The summed E-state index contributed by atoms with van der Waals surface area (Å²) in [6.45, 7) is 3.64. The van der Waals surface area contributed by atoms with Crippen LogP contribution in [0.15, 0.2) is 36.9 Å². The number of anilines is 1. The smallest absolute Gasteiger partial charge is 0.411 e. The summed E-state index contributed by atoms with van der Waals surface area (Å²) < 4.78 is 4.71. The van der Waals surface area contributed by atoms with Crippen molar-refractivity contribution >= 4 is 11.8 Å². The fraction of sp³-hybridized carbons (Fsp3) is 0.100. The van der Waals surface area contributed by atoms with Crippen LogP contribution >= 0.6 is 0 Å². The highest BCUT2D eigenvalue weighted by molar-refractivity contribution is 5.84. The molecule has 1 aromatic carbocycles. The Labute approximate surface area is 77.0 Å². The largest absolute Gasteiger partial charge is 0.445 e. The van der Waals surface area contributed by atoms with E-state index in [0.29, 0.717) is 5.69 Å². The third-order valence-electron chi connectivity index (χ3n) is 1.29. The van der Waals surface area contributed by atoms with E-state index in [9.17, 15) is 4.79 Å². The molecule has 1 amide bonds. The van der Waals surface area contributed by atoms with Crippen molar-refractivity contribution in [2.45, 2.75) is 0 Å². The van der Waals surface area contributed by atoms with Crippen molar-refractivity contribution < 1.29 is 9.53 Å². The van der Waals surface area contributed by atoms with Gasteiger partial charge in [-0.2, -0.15) is 0 Å². The van der Waals surface area contributed by atoms with Gasteiger partial charge in [0.05, 0.1) is 0 Å². The minimum atomic E-state index is -0.487. The predicted molar refractivity (Wildman–Crippen MR) is 50.4 cm³/mol. The maximum Gasteiger partial charge on any atom is 0.411 e. The van der Waals surface area contributed by atoms with Gasteiger partial charge >= 0.3 is 6.09 Å². The Morgan fingerprint density at radius 1 is 1.77 bits per heavy atom. The van der Waals surface area contributed by atoms with E-state index in [4.69, 9.17) is 4.74 Å². The molecule has 1 aromatic rings. The van der Waals surface area contributed by atoms with E-state index in [1.807, 2.05) is 0 Å². The zero-order valence-corrected chi connectivity index (χ0v) is 7.12. The Kier molecular flexibility index (Phi) is 3.57. The molecule has 0 aliphatic heterocycles. The Hall–Kier alpha value is -1.77. The van der Waals surface area contributed by atoms with Crippen molar-refractivity contribution in [1.82, 2.24) is 0 Å². The molecule has 3 heteroatoms. The molecule has 3 nitrogen and oxygen atoms in total. The lowest BCUT2D eigenvalue weighted by Gasteiger charge is -2.03. The number of hydrogen-bond acceptors (Lipinski definition) is 2. The third kappa shape index (κ3) is 3.42. The second-order valence-electron chi connectivity index (χ2n) is 2.30. The highest BCUT2D eigenvalue weighted by Crippen LogP contribution is 2.04. The van der Waals surface area contributed by atoms with Crippen LogP contribution in [0.2, 0.25) is 0 Å². The van der Waals surface area contributed by atoms with Crippen LogP contribution in [-0.4, -0.2) is 12.7 Å². The molecule has 0 saturated heterocycles. The Morgan fingerprint density at radius 3 is 3.23 bits per heavy atom. The fourth-order valence-electron chi connectivity index (χ4n) is 0.760. The first-order chi connectivity index (χ1) is 6.33. The highest BCUT2D eigenvalue weighted by Gasteiger charge is 1.99. The van der Waals surface area contributed by atoms with Crippen LogP contribution in [0.5, 0.6) is 0 Å². The molecule has 0 aliphatic carbocycles. The lowest BCUT2D eigenvalue weighted by molar-refractivity contribution is 0.174. The van der Waals surface area contributed by atoms with Crippen molar-refractivity contribution in [3.05, 3.63) is 43.0 Å². The van der Waals surface area contributed by atoms with Gasteiger partial charge in [-0.3, -0.25) is 5.32 Å². The van der Waals surface area contributed by atoms with Crippen molar-refractivity contribution in [3.63, 3.8) is 0 Å². The summed E-state index contributed by atoms with van der Waals surface area (Å²) in [5, 5.41) is 2.54. The van der Waals surface area contributed by atoms with Gasteiger partial charge in [0.1, 0.15) is 6.61 Å². The van der Waals surface area contributed by atoms with Crippen LogP contribution in [-0.2, 0) is 4.74 Å². The van der Waals surface area contributed by atoms with Crippen LogP contribution in [0.25, 0.3) is 0 Å². The normalized spacial score (nSPS) is 8.92. The van der Waals surface area contributed by atoms with Crippen molar-refractivity contribution in [2.24, 2.45) is 0 Å². The summed E-state index contributed by atoms with van der Waals surface area (Å²) >= 11 is 0. The van der Waals surface area contributed by atoms with Gasteiger partial charge in [0, 0.05) is 5.69 Å². The van der Waals surface area contributed by atoms with Crippen LogP contribution < -0.4 is 5.32 Å². The average molecular weight is 176 g/mol. The zero-order valence-electron chi connectivity index (χ0n) is 7.12. The molecule has 1 radical (unpaired) electrons. The van der Waals surface area contributed by atoms with E-state index in [-0.39, 0.29) is 6.61 Å². The van der Waals surface area contributed by atoms with Gasteiger partial charge in [0.2, 0.25) is 0 Å². The van der Waals surface area contributed by atoms with Gasteiger partial charge < -0.3 is 4.74 Å². The number of rotatable bonds is 3. The first kappa shape index (κ1) is 9.32. The van der Waals surface area contributed by atoms with E-state index < -0.39 is 6.09 Å². The second kappa shape index (κ2) is 4.98. The molecule has 0 saturated carbocycles. The monoisotopic (exact) mass is 176 g/mol. The quantitative estimate of drug-likeness (QED) is 0.717. The first-order valence-electron chi connectivity index (χ1n) is 3.83. The van der Waals surface area contributed by atoms with E-state index in [1.165, 1.54) is 6.08 Å². The topological polar surface area (TPSA) is 38.3 Å². The number of amides is 1. The molecule has 0 heterocycles. The van der Waals surface area contributed by atoms with Crippen molar-refractivity contribution in [1.29, 1.82) is 0 Å². The summed E-state index contributed by atoms with van der Waals surface area (Å²) in [6.07, 6.45) is 1.02. The number of carbonyl (C=O) groups excluding carboxylic acids is 1. The SMILES string of the molecule is C=CCOC(=O)Nc1c[c]ccc1. The molecule has 0 bridgehead atoms. The average Bonchev–Trinajstić information content (AvgIpc) is 2.16. The molecule has 67 valence electrons. The van der Waals surface area contributed by atoms with Crippen LogP contribution in [0, 0.1) is 6.07 Å². The van der Waals surface area contributed by atoms with Gasteiger partial charge in [-0.15, -0.1) is 0 Å². The second-order valence-corrected chi connectivity index (χ2v) is 2.30. The van der Waals surface area contributed by atoms with Crippen LogP contribution in [0.1, 0.15) is 0 Å². The summed E-state index contributed by atoms with van der Waals surface area (Å²) in [7, 11) is 0. The number of nitrogens with one attached hydrogen (secondary N) is 1. The van der Waals surface area contributed by atoms with Gasteiger partial charge in [0.25, 0.3) is 0 Å². The molecule has 1 N–H and O–H groups in total. The lowest BCUT2D eigenvalue weighted by Crippen LogP contribution is -2.13. The molecular weight excluding hydrogens is 166 g/mol. The Balaban J connectivity index is 2.41. The molecule has 0 spiro atoms. The summed E-state index contributed by atoms with van der Waals surface area (Å²) in [5.41, 5.74) is 0.663. The molecule has 0 atom stereocenters. The summed E-state index contributed by atoms with van der Waals surface area (Å²) in [6, 6.07) is 9.78. The zero-order chi connectivity index (χ0) is 9.52. The standard InChI is InChI=1S/C10H10NO2/c1-2-8-13-10(12)11-9-6-4-3-5-7-9/h2-4,6-7H,1,8H2,(H,11,12). The fourth-order valence-corrected chi connectivity index (χ4v) is 0.760. The minimum Gasteiger partial charge on any atom is -0.445 e. The molecule has 0 aliphatic rings. The van der Waals surface area contributed by atoms with Crippen molar-refractivity contribution in [2.75, 3.05) is 11.9 Å². The number of benzene rings is 1.